The summed E-state index contributed by atoms with van der Waals surface area (Å²) < 4.78 is 71.3. The monoisotopic (exact) mass is 400 g/mol. The van der Waals surface area contributed by atoms with E-state index in [4.69, 9.17) is 9.52 Å². The summed E-state index contributed by atoms with van der Waals surface area (Å²) in [6.45, 7) is 0. The summed E-state index contributed by atoms with van der Waals surface area (Å²) in [5.74, 6) is -1.76. The van der Waals surface area contributed by atoms with Gasteiger partial charge in [-0.15, -0.1) is 10.2 Å². The molecule has 2 aromatic carbocycles. The fourth-order valence-electron chi connectivity index (χ4n) is 2.08. The lowest BCUT2D eigenvalue weighted by Gasteiger charge is -2.20. The average molecular weight is 400 g/mol. The number of hydrogen-bond donors (Lipinski definition) is 1. The number of carbonyl (C=O) groups is 1. The van der Waals surface area contributed by atoms with Crippen LogP contribution in [0.3, 0.4) is 0 Å². The van der Waals surface area contributed by atoms with E-state index in [9.17, 15) is 26.7 Å². The number of alkyl halides is 5. The van der Waals surface area contributed by atoms with Crippen LogP contribution in [0.4, 0.5) is 22.0 Å². The van der Waals surface area contributed by atoms with Crippen LogP contribution in [0.1, 0.15) is 10.4 Å². The molecule has 6 nitrogen and oxygen atoms in total. The maximum Gasteiger partial charge on any atom is 0.499 e. The zero-order valence-corrected chi connectivity index (χ0v) is 13.6. The maximum atomic E-state index is 12.9. The van der Waals surface area contributed by atoms with Gasteiger partial charge in [-0.1, -0.05) is 0 Å². The van der Waals surface area contributed by atoms with E-state index in [1.165, 1.54) is 36.4 Å². The van der Waals surface area contributed by atoms with Crippen molar-refractivity contribution in [1.29, 1.82) is 0 Å². The fraction of sp³-hybridized carbons (Fsp3) is 0.118. The van der Waals surface area contributed by atoms with Crippen LogP contribution < -0.4 is 4.74 Å². The number of halogens is 5. The molecule has 0 amide bonds. The molecule has 0 aliphatic carbocycles. The Morgan fingerprint density at radius 3 is 1.75 bits per heavy atom. The molecule has 11 heteroatoms. The zero-order valence-electron chi connectivity index (χ0n) is 13.6. The molecule has 0 saturated heterocycles. The molecule has 146 valence electrons. The number of aromatic carboxylic acids is 1. The molecular formula is C17H9F5N2O4. The number of hydrogen-bond acceptors (Lipinski definition) is 5. The minimum absolute atomic E-state index is 0.0218. The van der Waals surface area contributed by atoms with E-state index in [0.717, 1.165) is 12.1 Å². The zero-order chi connectivity index (χ0) is 20.5. The molecule has 0 bridgehead atoms. The van der Waals surface area contributed by atoms with Crippen molar-refractivity contribution in [2.45, 2.75) is 12.3 Å². The van der Waals surface area contributed by atoms with Gasteiger partial charge in [0.15, 0.2) is 0 Å². The number of ether oxygens (including phenoxy) is 1. The summed E-state index contributed by atoms with van der Waals surface area (Å²) in [6.07, 6.45) is -11.2. The van der Waals surface area contributed by atoms with E-state index in [2.05, 4.69) is 14.9 Å². The van der Waals surface area contributed by atoms with Crippen molar-refractivity contribution in [3.8, 4) is 28.7 Å². The van der Waals surface area contributed by atoms with Crippen molar-refractivity contribution in [1.82, 2.24) is 10.2 Å². The summed E-state index contributed by atoms with van der Waals surface area (Å²) in [6, 6.07) is 9.75. The van der Waals surface area contributed by atoms with Gasteiger partial charge in [-0.3, -0.25) is 0 Å². The number of carboxylic acids is 1. The predicted molar refractivity (Wildman–Crippen MR) is 83.8 cm³/mol. The molecule has 3 aromatic rings. The van der Waals surface area contributed by atoms with Gasteiger partial charge in [-0.2, -0.15) is 22.0 Å². The molecule has 0 unspecified atom stereocenters. The summed E-state index contributed by atoms with van der Waals surface area (Å²) in [5.41, 5.74) is 0.756. The van der Waals surface area contributed by atoms with Crippen molar-refractivity contribution in [2.75, 3.05) is 0 Å². The fourth-order valence-corrected chi connectivity index (χ4v) is 2.08. The summed E-state index contributed by atoms with van der Waals surface area (Å²) in [7, 11) is 0. The minimum atomic E-state index is -5.84. The number of rotatable bonds is 5. The van der Waals surface area contributed by atoms with Crippen LogP contribution in [0.2, 0.25) is 0 Å². The van der Waals surface area contributed by atoms with E-state index < -0.39 is 24.0 Å². The van der Waals surface area contributed by atoms with E-state index in [0.29, 0.717) is 5.56 Å². The molecular weight excluding hydrogens is 391 g/mol. The van der Waals surface area contributed by atoms with Gasteiger partial charge in [0, 0.05) is 11.1 Å². The highest BCUT2D eigenvalue weighted by Gasteiger charge is 2.61. The normalized spacial score (nSPS) is 12.0. The second kappa shape index (κ2) is 6.91. The quantitative estimate of drug-likeness (QED) is 0.629. The second-order valence-electron chi connectivity index (χ2n) is 5.44. The highest BCUT2D eigenvalue weighted by molar-refractivity contribution is 5.88. The first-order valence-corrected chi connectivity index (χ1v) is 7.48. The Labute approximate surface area is 153 Å². The standard InChI is InChI=1S/C17H9F5N2O4/c18-16(19,20)17(21,22)28-12-7-5-10(6-8-12)14-24-23-13(27-14)9-1-3-11(4-2-9)15(25)26/h1-8H,(H,25,26). The molecule has 0 saturated carbocycles. The van der Waals surface area contributed by atoms with Gasteiger partial charge in [-0.05, 0) is 48.5 Å². The maximum absolute atomic E-state index is 12.9. The third-order valence-corrected chi connectivity index (χ3v) is 3.48. The van der Waals surface area contributed by atoms with Crippen LogP contribution in [0.5, 0.6) is 5.75 Å². The molecule has 28 heavy (non-hydrogen) atoms. The summed E-state index contributed by atoms with van der Waals surface area (Å²) >= 11 is 0. The van der Waals surface area contributed by atoms with Gasteiger partial charge in [0.2, 0.25) is 11.8 Å². The smallest absolute Gasteiger partial charge is 0.478 e. The van der Waals surface area contributed by atoms with Gasteiger partial charge >= 0.3 is 18.3 Å². The molecule has 0 radical (unpaired) electrons. The molecule has 3 rings (SSSR count). The van der Waals surface area contributed by atoms with Crippen molar-refractivity contribution in [2.24, 2.45) is 0 Å². The van der Waals surface area contributed by atoms with Crippen LogP contribution >= 0.6 is 0 Å². The molecule has 0 atom stereocenters. The molecule has 1 aromatic heterocycles. The number of benzene rings is 2. The van der Waals surface area contributed by atoms with E-state index in [1.54, 1.807) is 0 Å². The lowest BCUT2D eigenvalue weighted by atomic mass is 10.1. The number of carboxylic acid groups (broad SMARTS) is 1. The Morgan fingerprint density at radius 1 is 0.857 bits per heavy atom. The van der Waals surface area contributed by atoms with Crippen LogP contribution in [0.15, 0.2) is 52.9 Å². The Kier molecular flexibility index (Phi) is 4.75. The van der Waals surface area contributed by atoms with Gasteiger partial charge in [0.25, 0.3) is 0 Å². The first-order chi connectivity index (χ1) is 13.1. The van der Waals surface area contributed by atoms with Crippen LogP contribution in [-0.4, -0.2) is 33.6 Å². The van der Waals surface area contributed by atoms with Crippen LogP contribution in [-0.2, 0) is 0 Å². The second-order valence-corrected chi connectivity index (χ2v) is 5.44. The predicted octanol–water partition coefficient (Wildman–Crippen LogP) is 4.64. The lowest BCUT2D eigenvalue weighted by Crippen LogP contribution is -2.41. The minimum Gasteiger partial charge on any atom is -0.478 e. The third kappa shape index (κ3) is 3.92. The third-order valence-electron chi connectivity index (χ3n) is 3.48. The highest BCUT2D eigenvalue weighted by atomic mass is 19.4. The molecule has 0 aliphatic heterocycles. The van der Waals surface area contributed by atoms with Crippen molar-refractivity contribution < 1.29 is 41.0 Å². The Bertz CT molecular complexity index is 982. The van der Waals surface area contributed by atoms with E-state index in [-0.39, 0.29) is 22.9 Å². The first kappa shape index (κ1) is 19.3. The largest absolute Gasteiger partial charge is 0.499 e. The molecule has 1 N–H and O–H groups in total. The van der Waals surface area contributed by atoms with E-state index >= 15 is 0 Å². The van der Waals surface area contributed by atoms with Crippen molar-refractivity contribution in [3.05, 3.63) is 54.1 Å². The molecule has 1 heterocycles. The highest BCUT2D eigenvalue weighted by Crippen LogP contribution is 2.37. The van der Waals surface area contributed by atoms with Crippen molar-refractivity contribution >= 4 is 5.97 Å². The number of aromatic nitrogens is 2. The average Bonchev–Trinajstić information content (AvgIpc) is 3.11. The Hall–Kier alpha value is -3.50. The van der Waals surface area contributed by atoms with Gasteiger partial charge in [-0.25, -0.2) is 4.79 Å². The van der Waals surface area contributed by atoms with E-state index in [1.807, 2.05) is 0 Å². The van der Waals surface area contributed by atoms with Crippen LogP contribution in [0, 0.1) is 0 Å². The van der Waals surface area contributed by atoms with Crippen molar-refractivity contribution in [3.63, 3.8) is 0 Å². The van der Waals surface area contributed by atoms with Crippen LogP contribution in [0.25, 0.3) is 22.9 Å². The Balaban J connectivity index is 1.77. The van der Waals surface area contributed by atoms with Gasteiger partial charge in [0.05, 0.1) is 5.56 Å². The SMILES string of the molecule is O=C(O)c1ccc(-c2nnc(-c3ccc(OC(F)(F)C(F)(F)F)cc3)o2)cc1. The first-order valence-electron chi connectivity index (χ1n) is 7.48. The Morgan fingerprint density at radius 2 is 1.32 bits per heavy atom. The lowest BCUT2D eigenvalue weighted by molar-refractivity contribution is -0.360. The van der Waals surface area contributed by atoms with Gasteiger partial charge in [0.1, 0.15) is 5.75 Å². The van der Waals surface area contributed by atoms with Gasteiger partial charge < -0.3 is 14.3 Å². The summed E-state index contributed by atoms with van der Waals surface area (Å²) in [4.78, 5) is 10.8. The summed E-state index contributed by atoms with van der Waals surface area (Å²) in [5, 5.41) is 16.4. The topological polar surface area (TPSA) is 85.5 Å². The molecule has 0 spiro atoms. The molecule has 0 aliphatic rings. The number of nitrogens with zero attached hydrogens (tertiary/aromatic N) is 2. The molecule has 0 fully saturated rings.